The number of rotatable bonds is 25. The zero-order chi connectivity index (χ0) is 89.8. The van der Waals surface area contributed by atoms with Crippen LogP contribution in [-0.4, -0.2) is 134 Å². The van der Waals surface area contributed by atoms with Gasteiger partial charge in [0.05, 0.1) is 45.3 Å². The first kappa shape index (κ1) is 92.5. The van der Waals surface area contributed by atoms with Gasteiger partial charge >= 0.3 is 41.8 Å². The summed E-state index contributed by atoms with van der Waals surface area (Å²) in [5, 5.41) is 64.0. The third-order valence-corrected chi connectivity index (χ3v) is 21.8. The lowest BCUT2D eigenvalue weighted by molar-refractivity contribution is -0.153. The third kappa shape index (κ3) is 25.3. The summed E-state index contributed by atoms with van der Waals surface area (Å²) >= 11 is 33.3. The van der Waals surface area contributed by atoms with E-state index >= 15 is 0 Å². The van der Waals surface area contributed by atoms with Gasteiger partial charge in [0.25, 0.3) is 12.6 Å². The Kier molecular flexibility index (Phi) is 33.2. The number of anilines is 2. The van der Waals surface area contributed by atoms with Crippen LogP contribution in [0.15, 0.2) is 329 Å². The standard InChI is InChI=1S/2C24H16ClNO6.C20H13ClN2O2S.2C12H9ClN2O2S/c25-19-20(26-17-12-6-7-13-18(17)27)24(32-23(19)30)31-22(29)16-11-5-4-10-15(16)21(28)14-8-2-1-3-9-14;25-19-20(26-15-10-12-16(27)13-11-15)24(32-23(19)30)31-22(29)18-9-5-4-8-17(18)21(28)14-6-2-1-3-7-14;21-15-8-6-13(7-9-15)16-10-18(14-4-2-1-3-5-14)23-20(17(16)11-22)26-12-19(24)25;13-9-3-1-8(2-4-9)10-5-14-7-15-12(10)18-6-11(16)17;13-10-4-2-1-3-8(10)9-5-14-7-15-12(9)18-6-11(16)17/h2*1-13,24,26-27H;1-10H,12H2,(H,24,25);2*1-5,7H,6H2,(H,16,17). The van der Waals surface area contributed by atoms with Crippen LogP contribution in [0.2, 0.25) is 15.1 Å². The molecular formula is C92H63Cl5N8O18S3. The van der Waals surface area contributed by atoms with E-state index in [4.69, 9.17) is 92.3 Å². The Morgan fingerprint density at radius 1 is 0.437 bits per heavy atom. The van der Waals surface area contributed by atoms with E-state index in [0.29, 0.717) is 63.8 Å². The first-order valence-corrected chi connectivity index (χ1v) is 41.7. The fourth-order valence-electron chi connectivity index (χ4n) is 11.5. The Morgan fingerprint density at radius 2 is 0.849 bits per heavy atom. The van der Waals surface area contributed by atoms with Crippen LogP contribution in [0.5, 0.6) is 11.5 Å². The van der Waals surface area contributed by atoms with Gasteiger partial charge in [-0.2, -0.15) is 5.26 Å². The number of aromatic nitrogens is 5. The number of para-hydroxylation sites is 2. The number of aromatic hydroxyl groups is 2. The molecule has 7 N–H and O–H groups in total. The normalized spacial score (nSPS) is 12.8. The smallest absolute Gasteiger partial charge is 0.355 e. The molecule has 0 aliphatic carbocycles. The highest BCUT2D eigenvalue weighted by Gasteiger charge is 2.39. The highest BCUT2D eigenvalue weighted by molar-refractivity contribution is 8.00. The van der Waals surface area contributed by atoms with Crippen molar-refractivity contribution in [1.82, 2.24) is 24.9 Å². The Bertz CT molecular complexity index is 6310. The molecule has 2 atom stereocenters. The molecule has 0 amide bonds. The van der Waals surface area contributed by atoms with Crippen molar-refractivity contribution in [3.8, 4) is 62.2 Å². The monoisotopic (exact) mass is 1840 g/mol. The SMILES string of the molecule is N#Cc1c(-c2ccc(Cl)cc2)cc(-c2ccccc2)nc1SCC(=O)O.O=C(O)CSc1ncncc1-c1ccc(Cl)cc1.O=C(O)CSc1ncncc1-c1ccccc1Cl.O=C1OC(OC(=O)c2ccccc2C(=O)c2ccccc2)C(Nc2ccc(O)cc2)=C1Cl.O=C1OC(OC(=O)c2ccccc2C(=O)c2ccccc2)C(Nc2ccccc2O)=C1Cl. The first-order valence-electron chi connectivity index (χ1n) is 36.9. The van der Waals surface area contributed by atoms with E-state index in [1.807, 2.05) is 78.9 Å². The fourth-order valence-corrected chi connectivity index (χ4v) is 14.5. The van der Waals surface area contributed by atoms with Crippen LogP contribution >= 0.6 is 93.3 Å². The number of ketones is 2. The van der Waals surface area contributed by atoms with E-state index in [0.717, 1.165) is 56.9 Å². The van der Waals surface area contributed by atoms with Crippen molar-refractivity contribution < 1.29 is 87.6 Å². The highest BCUT2D eigenvalue weighted by Crippen LogP contribution is 2.39. The summed E-state index contributed by atoms with van der Waals surface area (Å²) < 4.78 is 20.9. The maximum absolute atomic E-state index is 12.9. The molecule has 0 saturated carbocycles. The molecule has 0 spiro atoms. The van der Waals surface area contributed by atoms with Gasteiger partial charge in [-0.05, 0) is 96.1 Å². The van der Waals surface area contributed by atoms with E-state index in [1.54, 1.807) is 158 Å². The van der Waals surface area contributed by atoms with Gasteiger partial charge in [-0.15, -0.1) is 0 Å². The number of halogens is 5. The molecule has 0 radical (unpaired) electrons. The summed E-state index contributed by atoms with van der Waals surface area (Å²) in [5.41, 5.74) is 8.55. The van der Waals surface area contributed by atoms with Gasteiger partial charge in [-0.3, -0.25) is 24.0 Å². The Labute approximate surface area is 755 Å². The van der Waals surface area contributed by atoms with Gasteiger partial charge in [-0.25, -0.2) is 44.1 Å². The minimum Gasteiger partial charge on any atom is -0.508 e. The van der Waals surface area contributed by atoms with Crippen molar-refractivity contribution in [2.24, 2.45) is 0 Å². The van der Waals surface area contributed by atoms with Gasteiger partial charge in [0.1, 0.15) is 56.7 Å². The Morgan fingerprint density at radius 3 is 1.33 bits per heavy atom. The number of esters is 4. The Hall–Kier alpha value is -14.2. The van der Waals surface area contributed by atoms with Gasteiger partial charge < -0.3 is 55.1 Å². The highest BCUT2D eigenvalue weighted by atomic mass is 35.5. The number of thioether (sulfide) groups is 3. The number of cyclic esters (lactones) is 2. The minimum atomic E-state index is -1.48. The summed E-state index contributed by atoms with van der Waals surface area (Å²) in [5.74, 6) is -7.22. The number of hydrogen-bond donors (Lipinski definition) is 7. The lowest BCUT2D eigenvalue weighted by atomic mass is 9.98. The Balaban J connectivity index is 0.000000156. The molecule has 2 aliphatic heterocycles. The molecule has 10 aromatic carbocycles. The predicted molar refractivity (Wildman–Crippen MR) is 477 cm³/mol. The molecule has 15 rings (SSSR count). The lowest BCUT2D eigenvalue weighted by Crippen LogP contribution is -2.25. The van der Waals surface area contributed by atoms with Crippen LogP contribution in [0.25, 0.3) is 44.6 Å². The topological polar surface area (TPSA) is 404 Å². The molecule has 5 heterocycles. The second-order valence-electron chi connectivity index (χ2n) is 25.8. The predicted octanol–water partition coefficient (Wildman–Crippen LogP) is 19.5. The molecule has 0 saturated heterocycles. The van der Waals surface area contributed by atoms with E-state index in [-0.39, 0.29) is 89.7 Å². The zero-order valence-electron chi connectivity index (χ0n) is 64.8. The van der Waals surface area contributed by atoms with E-state index in [9.17, 15) is 58.6 Å². The average molecular weight is 1840 g/mol. The van der Waals surface area contributed by atoms with Gasteiger partial charge in [0, 0.05) is 83.2 Å². The molecule has 3 aromatic heterocycles. The maximum Gasteiger partial charge on any atom is 0.355 e. The number of carbonyl (C=O) groups is 9. The molecule has 34 heteroatoms. The number of nitrogens with one attached hydrogen (secondary N) is 2. The molecule has 2 aliphatic rings. The molecule has 632 valence electrons. The number of aliphatic carboxylic acids is 3. The first-order chi connectivity index (χ1) is 60.8. The van der Waals surface area contributed by atoms with Gasteiger partial charge in [-0.1, -0.05) is 275 Å². The zero-order valence-corrected chi connectivity index (χ0v) is 71.1. The summed E-state index contributed by atoms with van der Waals surface area (Å²) in [6, 6.07) is 76.9. The number of ether oxygens (including phenoxy) is 4. The van der Waals surface area contributed by atoms with Crippen LogP contribution in [0.3, 0.4) is 0 Å². The number of pyridine rings is 1. The number of hydrogen-bond acceptors (Lipinski definition) is 26. The molecule has 13 aromatic rings. The molecule has 2 unspecified atom stereocenters. The largest absolute Gasteiger partial charge is 0.508 e. The van der Waals surface area contributed by atoms with Crippen LogP contribution in [0.4, 0.5) is 11.4 Å². The van der Waals surface area contributed by atoms with Gasteiger partial charge in [0.2, 0.25) is 0 Å². The summed E-state index contributed by atoms with van der Waals surface area (Å²) in [4.78, 5) is 128. The number of nitriles is 1. The van der Waals surface area contributed by atoms with Crippen molar-refractivity contribution in [3.63, 3.8) is 0 Å². The van der Waals surface area contributed by atoms with Crippen molar-refractivity contribution in [2.75, 3.05) is 27.9 Å². The number of phenolic OH excluding ortho intramolecular Hbond substituents is 2. The number of carbonyl (C=O) groups excluding carboxylic acids is 6. The number of phenols is 2. The molecular weight excluding hydrogens is 1780 g/mol. The molecule has 126 heavy (non-hydrogen) atoms. The maximum atomic E-state index is 12.9. The summed E-state index contributed by atoms with van der Waals surface area (Å²) in [6.07, 6.45) is 3.19. The number of carboxylic acids is 3. The number of nitrogens with zero attached hydrogens (tertiary/aromatic N) is 6. The van der Waals surface area contributed by atoms with E-state index in [1.165, 1.54) is 66.9 Å². The van der Waals surface area contributed by atoms with Crippen molar-refractivity contribution in [1.29, 1.82) is 5.26 Å². The van der Waals surface area contributed by atoms with Crippen LogP contribution in [-0.2, 0) is 42.9 Å². The third-order valence-electron chi connectivity index (χ3n) is 17.3. The van der Waals surface area contributed by atoms with Crippen LogP contribution in [0, 0.1) is 11.3 Å². The minimum absolute atomic E-state index is 0.00216. The van der Waals surface area contributed by atoms with Gasteiger partial charge in [0.15, 0.2) is 21.6 Å². The van der Waals surface area contributed by atoms with Crippen LogP contribution in [0.1, 0.15) is 58.1 Å². The quantitative estimate of drug-likeness (QED) is 0.00698. The average Bonchev–Trinajstić information content (AvgIpc) is 1.73. The summed E-state index contributed by atoms with van der Waals surface area (Å²) in [7, 11) is 0. The molecule has 0 fully saturated rings. The lowest BCUT2D eigenvalue weighted by Gasteiger charge is -2.17. The molecule has 0 bridgehead atoms. The van der Waals surface area contributed by atoms with E-state index in [2.05, 4.69) is 41.6 Å². The van der Waals surface area contributed by atoms with Crippen molar-refractivity contribution >= 4 is 158 Å². The second-order valence-corrected chi connectivity index (χ2v) is 30.7. The fraction of sp³-hybridized carbons (Fsp3) is 0.0543. The van der Waals surface area contributed by atoms with E-state index < -0.39 is 54.4 Å². The van der Waals surface area contributed by atoms with Crippen molar-refractivity contribution in [2.45, 2.75) is 27.7 Å². The number of benzene rings is 10. The summed E-state index contributed by atoms with van der Waals surface area (Å²) in [6.45, 7) is 0. The van der Waals surface area contributed by atoms with Crippen LogP contribution < -0.4 is 10.6 Å². The number of carboxylic acid groups (broad SMARTS) is 3. The second kappa shape index (κ2) is 45.3. The van der Waals surface area contributed by atoms with Crippen molar-refractivity contribution in [3.05, 3.63) is 367 Å². The molecule has 26 nitrogen and oxygen atoms in total.